The summed E-state index contributed by atoms with van der Waals surface area (Å²) in [4.78, 5) is 22.6. The van der Waals surface area contributed by atoms with Gasteiger partial charge in [0, 0.05) is 32.1 Å². The monoisotopic (exact) mass is 342 g/mol. The number of aryl methyl sites for hydroxylation is 2. The summed E-state index contributed by atoms with van der Waals surface area (Å²) in [7, 11) is 0. The lowest BCUT2D eigenvalue weighted by molar-refractivity contribution is -0.149. The lowest BCUT2D eigenvalue weighted by atomic mass is 9.87. The van der Waals surface area contributed by atoms with Crippen molar-refractivity contribution in [2.75, 3.05) is 18.0 Å². The van der Waals surface area contributed by atoms with E-state index in [0.717, 1.165) is 22.5 Å². The second kappa shape index (κ2) is 5.54. The van der Waals surface area contributed by atoms with Crippen LogP contribution in [0.5, 0.6) is 0 Å². The van der Waals surface area contributed by atoms with Crippen LogP contribution in [0.1, 0.15) is 24.1 Å². The standard InChI is InChI=1S/C16H18N6O3/c1-10-7-19-22(8-10)16(15(23)24)3-5-21(6-4-16)13-12-11(2)20-25-14(12)18-9-17-13/h7-9H,3-6H2,1-2H3,(H,23,24). The minimum Gasteiger partial charge on any atom is -0.479 e. The highest BCUT2D eigenvalue weighted by molar-refractivity contribution is 5.88. The van der Waals surface area contributed by atoms with Gasteiger partial charge in [0.25, 0.3) is 5.71 Å². The maximum absolute atomic E-state index is 12.0. The first-order valence-corrected chi connectivity index (χ1v) is 8.08. The maximum atomic E-state index is 12.0. The van der Waals surface area contributed by atoms with Crippen LogP contribution < -0.4 is 4.90 Å². The van der Waals surface area contributed by atoms with Gasteiger partial charge in [0.05, 0.1) is 11.9 Å². The summed E-state index contributed by atoms with van der Waals surface area (Å²) in [6.45, 7) is 4.83. The number of fused-ring (bicyclic) bond motifs is 1. The Labute approximate surface area is 143 Å². The highest BCUT2D eigenvalue weighted by Gasteiger charge is 2.44. The third kappa shape index (κ3) is 2.34. The highest BCUT2D eigenvalue weighted by Crippen LogP contribution is 2.34. The van der Waals surface area contributed by atoms with Gasteiger partial charge >= 0.3 is 5.97 Å². The number of aromatic nitrogens is 5. The zero-order valence-corrected chi connectivity index (χ0v) is 14.0. The zero-order valence-electron chi connectivity index (χ0n) is 14.0. The van der Waals surface area contributed by atoms with Gasteiger partial charge in [0.1, 0.15) is 17.5 Å². The number of piperidine rings is 1. The van der Waals surface area contributed by atoms with Crippen molar-refractivity contribution >= 4 is 22.9 Å². The van der Waals surface area contributed by atoms with Crippen molar-refractivity contribution in [2.45, 2.75) is 32.2 Å². The molecule has 0 aliphatic carbocycles. The predicted molar refractivity (Wildman–Crippen MR) is 88.4 cm³/mol. The number of nitrogens with zero attached hydrogens (tertiary/aromatic N) is 6. The molecule has 0 aromatic carbocycles. The Bertz CT molecular complexity index is 938. The van der Waals surface area contributed by atoms with Gasteiger partial charge in [-0.2, -0.15) is 10.1 Å². The number of anilines is 1. The van der Waals surface area contributed by atoms with Crippen LogP contribution in [-0.2, 0) is 10.3 Å². The van der Waals surface area contributed by atoms with Crippen LogP contribution in [0.2, 0.25) is 0 Å². The molecule has 4 heterocycles. The summed E-state index contributed by atoms with van der Waals surface area (Å²) in [5.74, 6) is -0.122. The summed E-state index contributed by atoms with van der Waals surface area (Å²) in [6, 6.07) is 0. The van der Waals surface area contributed by atoms with Gasteiger partial charge in [-0.3, -0.25) is 4.68 Å². The average molecular weight is 342 g/mol. The predicted octanol–water partition coefficient (Wildman–Crippen LogP) is 1.51. The average Bonchev–Trinajstić information content (AvgIpc) is 3.21. The van der Waals surface area contributed by atoms with Crippen LogP contribution in [0.4, 0.5) is 5.82 Å². The Hall–Kier alpha value is -2.97. The molecule has 0 atom stereocenters. The second-order valence-corrected chi connectivity index (χ2v) is 6.43. The largest absolute Gasteiger partial charge is 0.479 e. The Kier molecular flexibility index (Phi) is 3.45. The van der Waals surface area contributed by atoms with E-state index in [-0.39, 0.29) is 0 Å². The molecule has 4 rings (SSSR count). The SMILES string of the molecule is Cc1cnn(C2(C(=O)O)CCN(c3ncnc4onc(C)c34)CC2)c1. The van der Waals surface area contributed by atoms with Gasteiger partial charge in [0.2, 0.25) is 0 Å². The van der Waals surface area contributed by atoms with Gasteiger partial charge in [-0.15, -0.1) is 0 Å². The van der Waals surface area contributed by atoms with Gasteiger partial charge in [0.15, 0.2) is 5.54 Å². The number of hydrogen-bond acceptors (Lipinski definition) is 7. The van der Waals surface area contributed by atoms with Gasteiger partial charge in [-0.1, -0.05) is 5.16 Å². The maximum Gasteiger partial charge on any atom is 0.331 e. The molecule has 1 saturated heterocycles. The van der Waals surface area contributed by atoms with E-state index in [1.807, 2.05) is 13.8 Å². The summed E-state index contributed by atoms with van der Waals surface area (Å²) in [5.41, 5.74) is 1.09. The Morgan fingerprint density at radius 3 is 2.68 bits per heavy atom. The molecule has 0 saturated carbocycles. The zero-order chi connectivity index (χ0) is 17.6. The minimum atomic E-state index is -1.03. The van der Waals surface area contributed by atoms with Crippen LogP contribution >= 0.6 is 0 Å². The molecule has 1 aliphatic heterocycles. The first kappa shape index (κ1) is 15.6. The van der Waals surface area contributed by atoms with Gasteiger partial charge in [-0.25, -0.2) is 9.78 Å². The fraction of sp³-hybridized carbons (Fsp3) is 0.438. The molecule has 3 aromatic rings. The van der Waals surface area contributed by atoms with E-state index < -0.39 is 11.5 Å². The highest BCUT2D eigenvalue weighted by atomic mass is 16.5. The van der Waals surface area contributed by atoms with E-state index in [4.69, 9.17) is 4.52 Å². The Balaban J connectivity index is 1.66. The van der Waals surface area contributed by atoms with Crippen LogP contribution in [0.25, 0.3) is 11.1 Å². The molecule has 1 N–H and O–H groups in total. The smallest absolute Gasteiger partial charge is 0.331 e. The molecule has 0 amide bonds. The third-order valence-corrected chi connectivity index (χ3v) is 4.86. The first-order valence-electron chi connectivity index (χ1n) is 8.08. The van der Waals surface area contributed by atoms with Crippen molar-refractivity contribution in [2.24, 2.45) is 0 Å². The van der Waals surface area contributed by atoms with E-state index in [0.29, 0.717) is 31.6 Å². The number of aliphatic carboxylic acids is 1. The fourth-order valence-electron chi connectivity index (χ4n) is 3.42. The number of hydrogen-bond donors (Lipinski definition) is 1. The quantitative estimate of drug-likeness (QED) is 0.762. The molecular weight excluding hydrogens is 324 g/mol. The molecule has 9 heteroatoms. The fourth-order valence-corrected chi connectivity index (χ4v) is 3.42. The van der Waals surface area contributed by atoms with Crippen molar-refractivity contribution in [3.05, 3.63) is 30.0 Å². The molecule has 1 fully saturated rings. The van der Waals surface area contributed by atoms with Crippen molar-refractivity contribution in [3.8, 4) is 0 Å². The summed E-state index contributed by atoms with van der Waals surface area (Å²) < 4.78 is 6.78. The molecule has 130 valence electrons. The lowest BCUT2D eigenvalue weighted by Crippen LogP contribution is -2.51. The van der Waals surface area contributed by atoms with E-state index in [2.05, 4.69) is 25.1 Å². The number of carboxylic acids is 1. The molecule has 1 aliphatic rings. The van der Waals surface area contributed by atoms with Crippen LogP contribution in [0.15, 0.2) is 23.2 Å². The molecule has 0 unspecified atom stereocenters. The summed E-state index contributed by atoms with van der Waals surface area (Å²) >= 11 is 0. The van der Waals surface area contributed by atoms with Crippen molar-refractivity contribution in [1.82, 2.24) is 24.9 Å². The number of carbonyl (C=O) groups is 1. The molecule has 0 radical (unpaired) electrons. The van der Waals surface area contributed by atoms with Crippen LogP contribution in [0, 0.1) is 13.8 Å². The molecule has 3 aromatic heterocycles. The number of carboxylic acid groups (broad SMARTS) is 1. The van der Waals surface area contributed by atoms with Crippen molar-refractivity contribution in [3.63, 3.8) is 0 Å². The van der Waals surface area contributed by atoms with Crippen LogP contribution in [0.3, 0.4) is 0 Å². The second-order valence-electron chi connectivity index (χ2n) is 6.43. The van der Waals surface area contributed by atoms with Crippen LogP contribution in [-0.4, -0.2) is 49.1 Å². The van der Waals surface area contributed by atoms with E-state index in [1.165, 1.54) is 6.33 Å². The molecule has 0 spiro atoms. The lowest BCUT2D eigenvalue weighted by Gasteiger charge is -2.39. The third-order valence-electron chi connectivity index (χ3n) is 4.86. The molecule has 9 nitrogen and oxygen atoms in total. The Morgan fingerprint density at radius 1 is 1.28 bits per heavy atom. The normalized spacial score (nSPS) is 17.1. The summed E-state index contributed by atoms with van der Waals surface area (Å²) in [6.07, 6.45) is 5.78. The summed E-state index contributed by atoms with van der Waals surface area (Å²) in [5, 5.41) is 18.8. The first-order chi connectivity index (χ1) is 12.0. The molecule has 0 bridgehead atoms. The Morgan fingerprint density at radius 2 is 2.04 bits per heavy atom. The van der Waals surface area contributed by atoms with Crippen molar-refractivity contribution in [1.29, 1.82) is 0 Å². The number of rotatable bonds is 3. The van der Waals surface area contributed by atoms with E-state index in [9.17, 15) is 9.90 Å². The van der Waals surface area contributed by atoms with E-state index >= 15 is 0 Å². The molecule has 25 heavy (non-hydrogen) atoms. The van der Waals surface area contributed by atoms with E-state index in [1.54, 1.807) is 17.1 Å². The van der Waals surface area contributed by atoms with Gasteiger partial charge in [-0.05, 0) is 19.4 Å². The van der Waals surface area contributed by atoms with Crippen molar-refractivity contribution < 1.29 is 14.4 Å². The molecular formula is C16H18N6O3. The topological polar surface area (TPSA) is 110 Å². The van der Waals surface area contributed by atoms with Gasteiger partial charge < -0.3 is 14.5 Å². The minimum absolute atomic E-state index is 0.430.